The number of rotatable bonds is 4. The second kappa shape index (κ2) is 6.02. The smallest absolute Gasteiger partial charge is 0.123 e. The summed E-state index contributed by atoms with van der Waals surface area (Å²) in [6.45, 7) is 5.76. The van der Waals surface area contributed by atoms with E-state index < -0.39 is 0 Å². The second-order valence-corrected chi connectivity index (χ2v) is 6.10. The van der Waals surface area contributed by atoms with E-state index in [0.29, 0.717) is 18.4 Å². The van der Waals surface area contributed by atoms with Crippen LogP contribution < -0.4 is 5.73 Å². The molecule has 1 unspecified atom stereocenters. The van der Waals surface area contributed by atoms with Crippen LogP contribution in [0.4, 0.5) is 4.39 Å². The maximum Gasteiger partial charge on any atom is 0.123 e. The van der Waals surface area contributed by atoms with Crippen LogP contribution in [-0.4, -0.2) is 18.8 Å². The van der Waals surface area contributed by atoms with Crippen molar-refractivity contribution in [2.24, 2.45) is 11.7 Å². The first-order valence-corrected chi connectivity index (χ1v) is 7.11. The molecule has 1 aliphatic heterocycles. The largest absolute Gasteiger partial charge is 0.376 e. The molecule has 0 saturated carbocycles. The Balaban J connectivity index is 2.17. The number of hydrogen-bond donors (Lipinski definition) is 1. The molecule has 2 nitrogen and oxygen atoms in total. The van der Waals surface area contributed by atoms with E-state index in [1.807, 2.05) is 12.1 Å². The zero-order valence-electron chi connectivity index (χ0n) is 11.9. The third-order valence-corrected chi connectivity index (χ3v) is 4.08. The predicted octanol–water partition coefficient (Wildman–Crippen LogP) is 3.46. The van der Waals surface area contributed by atoms with E-state index in [9.17, 15) is 4.39 Å². The lowest BCUT2D eigenvalue weighted by molar-refractivity contribution is -0.0771. The van der Waals surface area contributed by atoms with Gasteiger partial charge in [0.1, 0.15) is 5.82 Å². The van der Waals surface area contributed by atoms with Crippen molar-refractivity contribution in [2.75, 3.05) is 13.2 Å². The number of nitrogens with two attached hydrogens (primary N) is 1. The molecule has 0 radical (unpaired) electrons. The van der Waals surface area contributed by atoms with Crippen molar-refractivity contribution in [1.29, 1.82) is 0 Å². The van der Waals surface area contributed by atoms with Crippen molar-refractivity contribution in [3.63, 3.8) is 0 Å². The van der Waals surface area contributed by atoms with Gasteiger partial charge in [0.05, 0.1) is 5.60 Å². The van der Waals surface area contributed by atoms with Crippen LogP contribution in [0.15, 0.2) is 24.3 Å². The zero-order chi connectivity index (χ0) is 13.9. The number of halogens is 1. The minimum Gasteiger partial charge on any atom is -0.376 e. The van der Waals surface area contributed by atoms with E-state index in [0.717, 1.165) is 25.9 Å². The summed E-state index contributed by atoms with van der Waals surface area (Å²) in [6.07, 6.45) is 3.05. The lowest BCUT2D eigenvalue weighted by atomic mass is 9.75. The van der Waals surface area contributed by atoms with Crippen LogP contribution in [0.2, 0.25) is 0 Å². The normalized spacial score (nSPS) is 24.1. The molecule has 0 bridgehead atoms. The summed E-state index contributed by atoms with van der Waals surface area (Å²) in [4.78, 5) is 0. The fourth-order valence-electron chi connectivity index (χ4n) is 3.19. The molecule has 2 atom stereocenters. The van der Waals surface area contributed by atoms with E-state index in [-0.39, 0.29) is 11.4 Å². The third-order valence-electron chi connectivity index (χ3n) is 4.08. The monoisotopic (exact) mass is 265 g/mol. The summed E-state index contributed by atoms with van der Waals surface area (Å²) in [5, 5.41) is 0. The predicted molar refractivity (Wildman–Crippen MR) is 75.6 cm³/mol. The highest BCUT2D eigenvalue weighted by Gasteiger charge is 2.33. The maximum absolute atomic E-state index is 13.1. The molecule has 2 N–H and O–H groups in total. The zero-order valence-corrected chi connectivity index (χ0v) is 11.9. The van der Waals surface area contributed by atoms with Crippen molar-refractivity contribution in [3.05, 3.63) is 35.6 Å². The van der Waals surface area contributed by atoms with Crippen LogP contribution in [0.25, 0.3) is 0 Å². The van der Waals surface area contributed by atoms with Crippen molar-refractivity contribution < 1.29 is 9.13 Å². The van der Waals surface area contributed by atoms with Crippen LogP contribution in [0.1, 0.15) is 44.6 Å². The minimum atomic E-state index is -0.178. The summed E-state index contributed by atoms with van der Waals surface area (Å²) in [5.74, 6) is 0.800. The first kappa shape index (κ1) is 14.5. The Morgan fingerprint density at radius 1 is 1.37 bits per heavy atom. The second-order valence-electron chi connectivity index (χ2n) is 6.10. The molecular formula is C16H24FNO. The average molecular weight is 265 g/mol. The quantitative estimate of drug-likeness (QED) is 0.904. The average Bonchev–Trinajstić information content (AvgIpc) is 2.36. The Kier molecular flexibility index (Phi) is 4.58. The molecule has 19 heavy (non-hydrogen) atoms. The van der Waals surface area contributed by atoms with Gasteiger partial charge in [-0.2, -0.15) is 0 Å². The van der Waals surface area contributed by atoms with Gasteiger partial charge < -0.3 is 10.5 Å². The molecule has 1 aromatic rings. The summed E-state index contributed by atoms with van der Waals surface area (Å²) < 4.78 is 18.8. The Morgan fingerprint density at radius 3 is 2.63 bits per heavy atom. The Morgan fingerprint density at radius 2 is 2.05 bits per heavy atom. The summed E-state index contributed by atoms with van der Waals surface area (Å²) in [7, 11) is 0. The van der Waals surface area contributed by atoms with E-state index >= 15 is 0 Å². The molecule has 1 fully saturated rings. The first-order chi connectivity index (χ1) is 9.02. The van der Waals surface area contributed by atoms with Gasteiger partial charge >= 0.3 is 0 Å². The fourth-order valence-corrected chi connectivity index (χ4v) is 3.19. The standard InChI is InChI=1S/C16H24FNO/c1-16(2)11-13(8-10-19-16)15(7-9-18)12-3-5-14(17)6-4-12/h3-6,13,15H,7-11,18H2,1-2H3/t13?,15-/m1/s1. The molecule has 1 heterocycles. The number of hydrogen-bond acceptors (Lipinski definition) is 2. The highest BCUT2D eigenvalue weighted by molar-refractivity contribution is 5.21. The van der Waals surface area contributed by atoms with Gasteiger partial charge in [0, 0.05) is 6.61 Å². The Labute approximate surface area is 115 Å². The van der Waals surface area contributed by atoms with Crippen LogP contribution >= 0.6 is 0 Å². The molecule has 0 aromatic heterocycles. The van der Waals surface area contributed by atoms with Crippen molar-refractivity contribution in [1.82, 2.24) is 0 Å². The first-order valence-electron chi connectivity index (χ1n) is 7.11. The molecule has 106 valence electrons. The molecule has 0 spiro atoms. The van der Waals surface area contributed by atoms with Crippen LogP contribution in [0.3, 0.4) is 0 Å². The lowest BCUT2D eigenvalue weighted by Crippen LogP contribution is -2.36. The van der Waals surface area contributed by atoms with Gasteiger partial charge in [-0.1, -0.05) is 12.1 Å². The van der Waals surface area contributed by atoms with Gasteiger partial charge in [0.15, 0.2) is 0 Å². The molecule has 0 amide bonds. The molecular weight excluding hydrogens is 241 g/mol. The van der Waals surface area contributed by atoms with Gasteiger partial charge in [-0.25, -0.2) is 4.39 Å². The van der Waals surface area contributed by atoms with E-state index in [4.69, 9.17) is 10.5 Å². The minimum absolute atomic E-state index is 0.0597. The lowest BCUT2D eigenvalue weighted by Gasteiger charge is -2.39. The summed E-state index contributed by atoms with van der Waals surface area (Å²) in [6, 6.07) is 6.89. The van der Waals surface area contributed by atoms with Gasteiger partial charge in [0.25, 0.3) is 0 Å². The fraction of sp³-hybridized carbons (Fsp3) is 0.625. The molecule has 1 aliphatic rings. The van der Waals surface area contributed by atoms with E-state index in [1.165, 1.54) is 5.56 Å². The molecule has 2 rings (SSSR count). The number of ether oxygens (including phenoxy) is 1. The van der Waals surface area contributed by atoms with Crippen molar-refractivity contribution in [2.45, 2.75) is 44.6 Å². The van der Waals surface area contributed by atoms with Crippen LogP contribution in [0, 0.1) is 11.7 Å². The molecule has 1 aromatic carbocycles. The SMILES string of the molecule is CC1(C)CC([C@H](CCN)c2ccc(F)cc2)CCO1. The Hall–Kier alpha value is -0.930. The van der Waals surface area contributed by atoms with E-state index in [1.54, 1.807) is 12.1 Å². The third kappa shape index (κ3) is 3.77. The molecule has 1 saturated heterocycles. The highest BCUT2D eigenvalue weighted by Crippen LogP contribution is 2.39. The molecule has 3 heteroatoms. The van der Waals surface area contributed by atoms with Crippen LogP contribution in [0.5, 0.6) is 0 Å². The maximum atomic E-state index is 13.1. The van der Waals surface area contributed by atoms with Crippen LogP contribution in [-0.2, 0) is 4.74 Å². The van der Waals surface area contributed by atoms with E-state index in [2.05, 4.69) is 13.8 Å². The van der Waals surface area contributed by atoms with Gasteiger partial charge in [-0.15, -0.1) is 0 Å². The van der Waals surface area contributed by atoms with Crippen molar-refractivity contribution >= 4 is 0 Å². The Bertz CT molecular complexity index is 402. The molecule has 0 aliphatic carbocycles. The van der Waals surface area contributed by atoms with Crippen molar-refractivity contribution in [3.8, 4) is 0 Å². The topological polar surface area (TPSA) is 35.2 Å². The van der Waals surface area contributed by atoms with Gasteiger partial charge in [0.2, 0.25) is 0 Å². The summed E-state index contributed by atoms with van der Waals surface area (Å²) >= 11 is 0. The van der Waals surface area contributed by atoms with Gasteiger partial charge in [-0.05, 0) is 69.2 Å². The number of benzene rings is 1. The highest BCUT2D eigenvalue weighted by atomic mass is 19.1. The van der Waals surface area contributed by atoms with Gasteiger partial charge in [-0.3, -0.25) is 0 Å². The summed E-state index contributed by atoms with van der Waals surface area (Å²) in [5.41, 5.74) is 6.91.